The summed E-state index contributed by atoms with van der Waals surface area (Å²) in [5.41, 5.74) is 8.64. The van der Waals surface area contributed by atoms with E-state index >= 15 is 0 Å². The van der Waals surface area contributed by atoms with Crippen molar-refractivity contribution in [3.05, 3.63) is 47.7 Å². The van der Waals surface area contributed by atoms with E-state index in [0.29, 0.717) is 16.9 Å². The molecule has 22 heavy (non-hydrogen) atoms. The second-order valence-corrected chi connectivity index (χ2v) is 5.70. The molecule has 4 rings (SSSR count). The number of nitrogens with two attached hydrogens (primary N) is 1. The number of nitrogens with zero attached hydrogens (tertiary/aromatic N) is 2. The lowest BCUT2D eigenvalue weighted by atomic mass is 10.2. The Kier molecular flexibility index (Phi) is 2.80. The molecule has 0 fully saturated rings. The first-order chi connectivity index (χ1) is 10.7. The van der Waals surface area contributed by atoms with E-state index in [1.165, 1.54) is 17.7 Å². The Balaban J connectivity index is 1.69. The Morgan fingerprint density at radius 2 is 2.18 bits per heavy atom. The third-order valence-corrected chi connectivity index (χ3v) is 4.43. The molecular weight excluding hydrogens is 298 g/mol. The molecule has 4 N–H and O–H groups in total. The summed E-state index contributed by atoms with van der Waals surface area (Å²) in [7, 11) is 0. The standard InChI is InChI=1S/C15H11N5OS/c16-14-13-12(18-7-19-14)10(6-22-13)15(21)20-9-1-2-11-8(5-9)3-4-17-11/h1-7,17H,(H,20,21)(H2,16,18,19). The van der Waals surface area contributed by atoms with Crippen LogP contribution in [-0.2, 0) is 0 Å². The first-order valence-corrected chi connectivity index (χ1v) is 7.46. The fraction of sp³-hybridized carbons (Fsp3) is 0. The highest BCUT2D eigenvalue weighted by Crippen LogP contribution is 2.28. The molecule has 0 unspecified atom stereocenters. The van der Waals surface area contributed by atoms with Gasteiger partial charge in [-0.25, -0.2) is 9.97 Å². The average molecular weight is 309 g/mol. The maximum atomic E-state index is 12.5. The molecule has 0 saturated carbocycles. The Bertz CT molecular complexity index is 1000. The number of H-pyrrole nitrogens is 1. The van der Waals surface area contributed by atoms with E-state index in [4.69, 9.17) is 5.73 Å². The smallest absolute Gasteiger partial charge is 0.258 e. The summed E-state index contributed by atoms with van der Waals surface area (Å²) < 4.78 is 0.730. The van der Waals surface area contributed by atoms with Crippen LogP contribution >= 0.6 is 11.3 Å². The van der Waals surface area contributed by atoms with Gasteiger partial charge in [-0.3, -0.25) is 4.79 Å². The molecule has 3 heterocycles. The number of rotatable bonds is 2. The van der Waals surface area contributed by atoms with E-state index < -0.39 is 0 Å². The third-order valence-electron chi connectivity index (χ3n) is 3.44. The largest absolute Gasteiger partial charge is 0.382 e. The molecular formula is C15H11N5OS. The summed E-state index contributed by atoms with van der Waals surface area (Å²) in [5, 5.41) is 5.68. The maximum absolute atomic E-state index is 12.5. The highest BCUT2D eigenvalue weighted by atomic mass is 32.1. The van der Waals surface area contributed by atoms with E-state index in [9.17, 15) is 4.79 Å². The quantitative estimate of drug-likeness (QED) is 0.530. The summed E-state index contributed by atoms with van der Waals surface area (Å²) in [6, 6.07) is 7.66. The van der Waals surface area contributed by atoms with Crippen molar-refractivity contribution in [1.29, 1.82) is 0 Å². The number of nitrogen functional groups attached to an aromatic ring is 1. The minimum atomic E-state index is -0.209. The zero-order valence-corrected chi connectivity index (χ0v) is 12.1. The molecule has 0 atom stereocenters. The number of hydrogen-bond donors (Lipinski definition) is 3. The lowest BCUT2D eigenvalue weighted by Crippen LogP contribution is -2.11. The summed E-state index contributed by atoms with van der Waals surface area (Å²) in [5.74, 6) is 0.182. The number of aromatic amines is 1. The molecule has 0 aliphatic rings. The molecule has 7 heteroatoms. The molecule has 108 valence electrons. The van der Waals surface area contributed by atoms with E-state index in [2.05, 4.69) is 20.3 Å². The van der Waals surface area contributed by atoms with Crippen LogP contribution in [0.1, 0.15) is 10.4 Å². The Hall–Kier alpha value is -2.93. The Labute approximate surface area is 129 Å². The van der Waals surface area contributed by atoms with Gasteiger partial charge in [-0.1, -0.05) is 0 Å². The van der Waals surface area contributed by atoms with Gasteiger partial charge in [-0.05, 0) is 24.3 Å². The number of benzene rings is 1. The first-order valence-electron chi connectivity index (χ1n) is 6.58. The third kappa shape index (κ3) is 1.99. The lowest BCUT2D eigenvalue weighted by Gasteiger charge is -2.04. The zero-order valence-electron chi connectivity index (χ0n) is 11.3. The molecule has 0 saturated heterocycles. The van der Waals surface area contributed by atoms with Crippen molar-refractivity contribution in [3.8, 4) is 0 Å². The number of hydrogen-bond acceptors (Lipinski definition) is 5. The van der Waals surface area contributed by atoms with Gasteiger partial charge in [0.1, 0.15) is 12.1 Å². The number of amides is 1. The number of thiophene rings is 1. The van der Waals surface area contributed by atoms with Crippen LogP contribution in [0.2, 0.25) is 0 Å². The molecule has 1 amide bonds. The molecule has 0 spiro atoms. The lowest BCUT2D eigenvalue weighted by molar-refractivity contribution is 0.102. The molecule has 4 aromatic rings. The van der Waals surface area contributed by atoms with Crippen molar-refractivity contribution in [3.63, 3.8) is 0 Å². The minimum Gasteiger partial charge on any atom is -0.382 e. The highest BCUT2D eigenvalue weighted by Gasteiger charge is 2.15. The summed E-state index contributed by atoms with van der Waals surface area (Å²) in [6.07, 6.45) is 3.23. The number of anilines is 2. The van der Waals surface area contributed by atoms with Crippen LogP contribution in [0.4, 0.5) is 11.5 Å². The van der Waals surface area contributed by atoms with Crippen molar-refractivity contribution in [2.45, 2.75) is 0 Å². The van der Waals surface area contributed by atoms with E-state index in [1.54, 1.807) is 5.38 Å². The highest BCUT2D eigenvalue weighted by molar-refractivity contribution is 7.18. The molecule has 0 bridgehead atoms. The van der Waals surface area contributed by atoms with Crippen LogP contribution in [0.3, 0.4) is 0 Å². The first kappa shape index (κ1) is 12.8. The number of fused-ring (bicyclic) bond motifs is 2. The van der Waals surface area contributed by atoms with Gasteiger partial charge in [0.25, 0.3) is 5.91 Å². The van der Waals surface area contributed by atoms with Gasteiger partial charge in [-0.2, -0.15) is 0 Å². The summed E-state index contributed by atoms with van der Waals surface area (Å²) >= 11 is 1.37. The van der Waals surface area contributed by atoms with E-state index in [0.717, 1.165) is 21.3 Å². The number of aromatic nitrogens is 3. The number of carbonyl (C=O) groups excluding carboxylic acids is 1. The monoisotopic (exact) mass is 309 g/mol. The number of nitrogens with one attached hydrogen (secondary N) is 2. The topological polar surface area (TPSA) is 96.7 Å². The van der Waals surface area contributed by atoms with Crippen molar-refractivity contribution in [2.75, 3.05) is 11.1 Å². The maximum Gasteiger partial charge on any atom is 0.258 e. The van der Waals surface area contributed by atoms with Crippen molar-refractivity contribution < 1.29 is 4.79 Å². The summed E-state index contributed by atoms with van der Waals surface area (Å²) in [4.78, 5) is 23.7. The normalized spacial score (nSPS) is 11.1. The van der Waals surface area contributed by atoms with Crippen LogP contribution in [0.25, 0.3) is 21.1 Å². The van der Waals surface area contributed by atoms with E-state index in [1.807, 2.05) is 30.5 Å². The van der Waals surface area contributed by atoms with Crippen LogP contribution in [-0.4, -0.2) is 20.9 Å². The fourth-order valence-electron chi connectivity index (χ4n) is 2.36. The van der Waals surface area contributed by atoms with Gasteiger partial charge in [0.2, 0.25) is 0 Å². The minimum absolute atomic E-state index is 0.209. The van der Waals surface area contributed by atoms with Crippen molar-refractivity contribution >= 4 is 49.9 Å². The van der Waals surface area contributed by atoms with Crippen LogP contribution in [0, 0.1) is 0 Å². The molecule has 0 aliphatic carbocycles. The second kappa shape index (κ2) is 4.81. The second-order valence-electron chi connectivity index (χ2n) is 4.82. The molecule has 1 aromatic carbocycles. The summed E-state index contributed by atoms with van der Waals surface area (Å²) in [6.45, 7) is 0. The molecule has 3 aromatic heterocycles. The van der Waals surface area contributed by atoms with Crippen LogP contribution in [0.15, 0.2) is 42.2 Å². The Morgan fingerprint density at radius 3 is 3.09 bits per heavy atom. The molecule has 0 aliphatic heterocycles. The van der Waals surface area contributed by atoms with Crippen molar-refractivity contribution in [2.24, 2.45) is 0 Å². The molecule has 0 radical (unpaired) electrons. The van der Waals surface area contributed by atoms with Gasteiger partial charge < -0.3 is 16.0 Å². The predicted octanol–water partition coefficient (Wildman–Crippen LogP) is 3.01. The van der Waals surface area contributed by atoms with E-state index in [-0.39, 0.29) is 5.91 Å². The van der Waals surface area contributed by atoms with Gasteiger partial charge in [0.05, 0.1) is 15.8 Å². The predicted molar refractivity (Wildman–Crippen MR) is 88.1 cm³/mol. The van der Waals surface area contributed by atoms with Crippen LogP contribution < -0.4 is 11.1 Å². The number of carbonyl (C=O) groups is 1. The average Bonchev–Trinajstić information content (AvgIpc) is 3.13. The van der Waals surface area contributed by atoms with Gasteiger partial charge >= 0.3 is 0 Å². The SMILES string of the molecule is Nc1ncnc2c(C(=O)Nc3ccc4[nH]ccc4c3)csc12. The zero-order chi connectivity index (χ0) is 15.1. The fourth-order valence-corrected chi connectivity index (χ4v) is 3.26. The van der Waals surface area contributed by atoms with Gasteiger partial charge in [0.15, 0.2) is 0 Å². The van der Waals surface area contributed by atoms with Gasteiger partial charge in [-0.15, -0.1) is 11.3 Å². The van der Waals surface area contributed by atoms with Crippen molar-refractivity contribution in [1.82, 2.24) is 15.0 Å². The van der Waals surface area contributed by atoms with Gasteiger partial charge in [0, 0.05) is 28.2 Å². The molecule has 6 nitrogen and oxygen atoms in total. The Morgan fingerprint density at radius 1 is 1.27 bits per heavy atom. The van der Waals surface area contributed by atoms with Crippen LogP contribution in [0.5, 0.6) is 0 Å².